The van der Waals surface area contributed by atoms with Crippen LogP contribution in [0.25, 0.3) is 0 Å². The highest BCUT2D eigenvalue weighted by Crippen LogP contribution is 2.19. The molecule has 4 N–H and O–H groups in total. The van der Waals surface area contributed by atoms with Gasteiger partial charge in [-0.3, -0.25) is 4.79 Å². The van der Waals surface area contributed by atoms with E-state index in [9.17, 15) is 13.2 Å². The smallest absolute Gasteiger partial charge is 0.264 e. The lowest BCUT2D eigenvalue weighted by Gasteiger charge is -2.09. The Morgan fingerprint density at radius 1 is 1.35 bits per heavy atom. The van der Waals surface area contributed by atoms with E-state index in [4.69, 9.17) is 5.73 Å². The van der Waals surface area contributed by atoms with Crippen molar-refractivity contribution in [3.63, 3.8) is 0 Å². The number of aryl methyl sites for hydroxylation is 1. The van der Waals surface area contributed by atoms with Crippen LogP contribution in [0.3, 0.4) is 0 Å². The number of hydrogen-bond donors (Lipinski definition) is 3. The van der Waals surface area contributed by atoms with Crippen molar-refractivity contribution in [1.29, 1.82) is 0 Å². The Bertz CT molecular complexity index is 836. The molecular formula is C14H17N5O3S. The Morgan fingerprint density at radius 2 is 2.09 bits per heavy atom. The van der Waals surface area contributed by atoms with Crippen LogP contribution in [0.15, 0.2) is 35.4 Å². The summed E-state index contributed by atoms with van der Waals surface area (Å²) in [6, 6.07) is 5.97. The normalized spacial score (nSPS) is 11.0. The van der Waals surface area contributed by atoms with E-state index in [1.54, 1.807) is 32.2 Å². The number of carbonyl (C=O) groups is 1. The van der Waals surface area contributed by atoms with Crippen molar-refractivity contribution >= 4 is 33.4 Å². The summed E-state index contributed by atoms with van der Waals surface area (Å²) in [6.45, 7) is 3.35. The number of nitrogen functional groups attached to an aromatic ring is 1. The van der Waals surface area contributed by atoms with Gasteiger partial charge in [0.15, 0.2) is 0 Å². The highest BCUT2D eigenvalue weighted by Gasteiger charge is 2.17. The summed E-state index contributed by atoms with van der Waals surface area (Å²) < 4.78 is 26.2. The van der Waals surface area contributed by atoms with Gasteiger partial charge in [-0.2, -0.15) is 4.98 Å². The minimum absolute atomic E-state index is 0.0376. The average Bonchev–Trinajstić information content (AvgIpc) is 2.51. The van der Waals surface area contributed by atoms with Crippen molar-refractivity contribution in [1.82, 2.24) is 14.7 Å². The Kier molecular flexibility index (Phi) is 4.80. The number of nitrogens with zero attached hydrogens (tertiary/aromatic N) is 2. The Balaban J connectivity index is 2.26. The third kappa shape index (κ3) is 4.16. The van der Waals surface area contributed by atoms with Crippen LogP contribution in [-0.2, 0) is 14.8 Å². The second kappa shape index (κ2) is 6.61. The molecule has 122 valence electrons. The van der Waals surface area contributed by atoms with Gasteiger partial charge in [-0.05, 0) is 25.1 Å². The molecular weight excluding hydrogens is 318 g/mol. The molecule has 0 bridgehead atoms. The van der Waals surface area contributed by atoms with Gasteiger partial charge in [0.2, 0.25) is 11.9 Å². The topological polar surface area (TPSA) is 127 Å². The Morgan fingerprint density at radius 3 is 2.74 bits per heavy atom. The van der Waals surface area contributed by atoms with Crippen molar-refractivity contribution < 1.29 is 13.2 Å². The largest absolute Gasteiger partial charge is 0.383 e. The summed E-state index contributed by atoms with van der Waals surface area (Å²) in [5.74, 6) is 0.0136. The molecule has 0 aliphatic heterocycles. The molecule has 0 radical (unpaired) electrons. The zero-order chi connectivity index (χ0) is 17.0. The van der Waals surface area contributed by atoms with Crippen LogP contribution in [0.5, 0.6) is 0 Å². The molecule has 23 heavy (non-hydrogen) atoms. The SMILES string of the molecule is CCC(=O)NS(=O)(=O)c1cccc(Nc2ncc(C)c(N)n2)c1. The maximum atomic E-state index is 12.1. The number of aromatic nitrogens is 2. The highest BCUT2D eigenvalue weighted by molar-refractivity contribution is 7.90. The van der Waals surface area contributed by atoms with E-state index in [1.807, 2.05) is 4.72 Å². The first-order chi connectivity index (χ1) is 10.8. The number of amides is 1. The predicted molar refractivity (Wildman–Crippen MR) is 86.5 cm³/mol. The summed E-state index contributed by atoms with van der Waals surface area (Å²) >= 11 is 0. The van der Waals surface area contributed by atoms with E-state index in [2.05, 4.69) is 15.3 Å². The van der Waals surface area contributed by atoms with Crippen LogP contribution in [0.2, 0.25) is 0 Å². The van der Waals surface area contributed by atoms with Crippen LogP contribution in [-0.4, -0.2) is 24.3 Å². The number of benzene rings is 1. The van der Waals surface area contributed by atoms with Crippen LogP contribution < -0.4 is 15.8 Å². The summed E-state index contributed by atoms with van der Waals surface area (Å²) in [7, 11) is -3.91. The first-order valence-electron chi connectivity index (χ1n) is 6.83. The highest BCUT2D eigenvalue weighted by atomic mass is 32.2. The van der Waals surface area contributed by atoms with Gasteiger partial charge in [-0.1, -0.05) is 13.0 Å². The molecule has 2 rings (SSSR count). The first kappa shape index (κ1) is 16.7. The number of nitrogens with one attached hydrogen (secondary N) is 2. The van der Waals surface area contributed by atoms with E-state index < -0.39 is 15.9 Å². The standard InChI is InChI=1S/C14H17N5O3S/c1-3-12(20)19-23(21,22)11-6-4-5-10(7-11)17-14-16-8-9(2)13(15)18-14/h4-8H,3H2,1-2H3,(H,19,20)(H3,15,16,17,18). The molecule has 1 amide bonds. The van der Waals surface area contributed by atoms with Gasteiger partial charge < -0.3 is 11.1 Å². The molecule has 0 aliphatic rings. The molecule has 0 saturated heterocycles. The maximum Gasteiger partial charge on any atom is 0.264 e. The van der Waals surface area contributed by atoms with Crippen molar-refractivity contribution in [3.05, 3.63) is 36.0 Å². The molecule has 1 aromatic heterocycles. The minimum atomic E-state index is -3.91. The fraction of sp³-hybridized carbons (Fsp3) is 0.214. The lowest BCUT2D eigenvalue weighted by atomic mass is 10.3. The molecule has 0 saturated carbocycles. The molecule has 1 aromatic carbocycles. The van der Waals surface area contributed by atoms with Crippen molar-refractivity contribution in [2.45, 2.75) is 25.2 Å². The molecule has 0 unspecified atom stereocenters. The van der Waals surface area contributed by atoms with Crippen molar-refractivity contribution in [2.75, 3.05) is 11.1 Å². The third-order valence-electron chi connectivity index (χ3n) is 2.98. The van der Waals surface area contributed by atoms with Gasteiger partial charge in [0.1, 0.15) is 5.82 Å². The van der Waals surface area contributed by atoms with Crippen LogP contribution in [0.4, 0.5) is 17.5 Å². The van der Waals surface area contributed by atoms with Gasteiger partial charge in [-0.15, -0.1) is 0 Å². The van der Waals surface area contributed by atoms with Crippen LogP contribution >= 0.6 is 0 Å². The molecule has 0 spiro atoms. The number of nitrogens with two attached hydrogens (primary N) is 1. The van der Waals surface area contributed by atoms with Crippen molar-refractivity contribution in [3.8, 4) is 0 Å². The number of anilines is 3. The molecule has 0 fully saturated rings. The van der Waals surface area contributed by atoms with Gasteiger partial charge in [-0.25, -0.2) is 18.1 Å². The van der Waals surface area contributed by atoms with E-state index in [0.717, 1.165) is 5.56 Å². The monoisotopic (exact) mass is 335 g/mol. The maximum absolute atomic E-state index is 12.1. The van der Waals surface area contributed by atoms with E-state index in [1.165, 1.54) is 12.1 Å². The van der Waals surface area contributed by atoms with Crippen LogP contribution in [0.1, 0.15) is 18.9 Å². The van der Waals surface area contributed by atoms with Gasteiger partial charge in [0.25, 0.3) is 10.0 Å². The average molecular weight is 335 g/mol. The van der Waals surface area contributed by atoms with E-state index in [0.29, 0.717) is 11.5 Å². The number of hydrogen-bond acceptors (Lipinski definition) is 7. The number of rotatable bonds is 5. The third-order valence-corrected chi connectivity index (χ3v) is 4.35. The molecule has 8 nitrogen and oxygen atoms in total. The summed E-state index contributed by atoms with van der Waals surface area (Å²) in [6.07, 6.45) is 1.64. The fourth-order valence-electron chi connectivity index (χ4n) is 1.67. The molecule has 9 heteroatoms. The predicted octanol–water partition coefficient (Wildman–Crippen LogP) is 1.33. The quantitative estimate of drug-likeness (QED) is 0.752. The molecule has 2 aromatic rings. The minimum Gasteiger partial charge on any atom is -0.383 e. The van der Waals surface area contributed by atoms with Crippen molar-refractivity contribution in [2.24, 2.45) is 0 Å². The molecule has 1 heterocycles. The molecule has 0 atom stereocenters. The van der Waals surface area contributed by atoms with Gasteiger partial charge in [0.05, 0.1) is 4.90 Å². The number of sulfonamides is 1. The second-order valence-electron chi connectivity index (χ2n) is 4.80. The fourth-order valence-corrected chi connectivity index (χ4v) is 2.77. The zero-order valence-electron chi connectivity index (χ0n) is 12.7. The zero-order valence-corrected chi connectivity index (χ0v) is 13.5. The van der Waals surface area contributed by atoms with E-state index in [-0.39, 0.29) is 17.3 Å². The lowest BCUT2D eigenvalue weighted by Crippen LogP contribution is -2.29. The lowest BCUT2D eigenvalue weighted by molar-refractivity contribution is -0.119. The summed E-state index contributed by atoms with van der Waals surface area (Å²) in [4.78, 5) is 19.4. The Labute approximate surface area is 134 Å². The van der Waals surface area contributed by atoms with E-state index >= 15 is 0 Å². The van der Waals surface area contributed by atoms with Gasteiger partial charge >= 0.3 is 0 Å². The summed E-state index contributed by atoms with van der Waals surface area (Å²) in [5, 5.41) is 2.87. The number of carbonyl (C=O) groups excluding carboxylic acids is 1. The Hall–Kier alpha value is -2.68. The van der Waals surface area contributed by atoms with Crippen LogP contribution in [0, 0.1) is 6.92 Å². The molecule has 0 aliphatic carbocycles. The second-order valence-corrected chi connectivity index (χ2v) is 6.48. The van der Waals surface area contributed by atoms with Gasteiger partial charge in [0, 0.05) is 23.9 Å². The summed E-state index contributed by atoms with van der Waals surface area (Å²) in [5.41, 5.74) is 6.91. The first-order valence-corrected chi connectivity index (χ1v) is 8.32.